The van der Waals surface area contributed by atoms with Crippen LogP contribution in [0.2, 0.25) is 0 Å². The van der Waals surface area contributed by atoms with E-state index < -0.39 is 0 Å². The van der Waals surface area contributed by atoms with Crippen molar-refractivity contribution in [2.75, 3.05) is 30.0 Å². The van der Waals surface area contributed by atoms with Crippen LogP contribution in [0.25, 0.3) is 0 Å². The minimum atomic E-state index is 0.144. The molecule has 0 bridgehead atoms. The number of nitrogens with zero attached hydrogens (tertiary/aromatic N) is 6. The lowest BCUT2D eigenvalue weighted by molar-refractivity contribution is 0.614. The number of nitrogens with two attached hydrogens (primary N) is 1. The summed E-state index contributed by atoms with van der Waals surface area (Å²) in [6.45, 7) is 2.80. The average molecular weight is 262 g/mol. The van der Waals surface area contributed by atoms with Crippen LogP contribution in [0.4, 0.5) is 17.8 Å². The summed E-state index contributed by atoms with van der Waals surface area (Å²) in [5.74, 6) is 1.21. The Labute approximate surface area is 111 Å². The van der Waals surface area contributed by atoms with Crippen molar-refractivity contribution in [3.63, 3.8) is 0 Å². The van der Waals surface area contributed by atoms with E-state index in [-0.39, 0.29) is 12.0 Å². The molecule has 0 amide bonds. The lowest BCUT2D eigenvalue weighted by Crippen LogP contribution is -2.24. The summed E-state index contributed by atoms with van der Waals surface area (Å²) in [5, 5.41) is 3.20. The molecule has 2 aromatic rings. The number of rotatable bonds is 5. The number of hydrogen-bond donors (Lipinski definition) is 2. The Morgan fingerprint density at radius 2 is 2.16 bits per heavy atom. The molecule has 0 saturated carbocycles. The Morgan fingerprint density at radius 3 is 2.79 bits per heavy atom. The predicted molar refractivity (Wildman–Crippen MR) is 73.9 cm³/mol. The summed E-state index contributed by atoms with van der Waals surface area (Å²) in [6, 6.07) is 0.144. The second kappa shape index (κ2) is 5.51. The molecule has 102 valence electrons. The van der Waals surface area contributed by atoms with Gasteiger partial charge in [-0.25, -0.2) is 4.98 Å². The second-order valence-electron chi connectivity index (χ2n) is 4.52. The van der Waals surface area contributed by atoms with Crippen molar-refractivity contribution in [3.8, 4) is 0 Å². The Balaban J connectivity index is 2.05. The van der Waals surface area contributed by atoms with Crippen LogP contribution >= 0.6 is 0 Å². The molecule has 0 aliphatic rings. The largest absolute Gasteiger partial charge is 0.368 e. The highest BCUT2D eigenvalue weighted by Gasteiger charge is 2.09. The molecule has 3 N–H and O–H groups in total. The molecule has 0 radical (unpaired) electrons. The maximum absolute atomic E-state index is 5.66. The molecule has 0 saturated heterocycles. The van der Waals surface area contributed by atoms with Crippen molar-refractivity contribution < 1.29 is 0 Å². The lowest BCUT2D eigenvalue weighted by Gasteiger charge is -2.16. The summed E-state index contributed by atoms with van der Waals surface area (Å²) >= 11 is 0. The van der Waals surface area contributed by atoms with E-state index in [1.807, 2.05) is 31.8 Å². The smallest absolute Gasteiger partial charge is 0.231 e. The Hall–Kier alpha value is -2.38. The third-order valence-corrected chi connectivity index (χ3v) is 2.46. The van der Waals surface area contributed by atoms with E-state index in [2.05, 4.69) is 25.3 Å². The van der Waals surface area contributed by atoms with Crippen LogP contribution in [0.5, 0.6) is 0 Å². The van der Waals surface area contributed by atoms with Crippen molar-refractivity contribution in [1.29, 1.82) is 0 Å². The molecule has 2 rings (SSSR count). The van der Waals surface area contributed by atoms with Gasteiger partial charge >= 0.3 is 0 Å². The maximum Gasteiger partial charge on any atom is 0.231 e. The van der Waals surface area contributed by atoms with Gasteiger partial charge in [-0.05, 0) is 6.92 Å². The second-order valence-corrected chi connectivity index (χ2v) is 4.52. The first-order valence-electron chi connectivity index (χ1n) is 5.95. The van der Waals surface area contributed by atoms with Gasteiger partial charge in [0, 0.05) is 39.1 Å². The molecule has 0 aliphatic carbocycles. The minimum absolute atomic E-state index is 0.144. The van der Waals surface area contributed by atoms with Crippen LogP contribution in [-0.4, -0.2) is 44.6 Å². The number of aromatic nitrogens is 5. The SMILES string of the molecule is CC(Cn1ccnc1)Nc1nc(N)nc(N(C)C)n1. The molecular weight excluding hydrogens is 244 g/mol. The van der Waals surface area contributed by atoms with Crippen molar-refractivity contribution in [3.05, 3.63) is 18.7 Å². The van der Waals surface area contributed by atoms with Gasteiger partial charge in [-0.1, -0.05) is 0 Å². The molecule has 19 heavy (non-hydrogen) atoms. The highest BCUT2D eigenvalue weighted by Crippen LogP contribution is 2.10. The van der Waals surface area contributed by atoms with Crippen LogP contribution < -0.4 is 16.0 Å². The molecule has 1 atom stereocenters. The summed E-state index contributed by atoms with van der Waals surface area (Å²) in [6.07, 6.45) is 5.42. The number of nitrogen functional groups attached to an aromatic ring is 1. The third-order valence-electron chi connectivity index (χ3n) is 2.46. The fourth-order valence-corrected chi connectivity index (χ4v) is 1.62. The highest BCUT2D eigenvalue weighted by atomic mass is 15.3. The van der Waals surface area contributed by atoms with Gasteiger partial charge < -0.3 is 20.5 Å². The summed E-state index contributed by atoms with van der Waals surface area (Å²) in [4.78, 5) is 18.2. The number of anilines is 3. The van der Waals surface area contributed by atoms with E-state index in [4.69, 9.17) is 5.73 Å². The zero-order valence-corrected chi connectivity index (χ0v) is 11.3. The van der Waals surface area contributed by atoms with Crippen molar-refractivity contribution in [2.45, 2.75) is 19.5 Å². The summed E-state index contributed by atoms with van der Waals surface area (Å²) in [7, 11) is 3.71. The fourth-order valence-electron chi connectivity index (χ4n) is 1.62. The van der Waals surface area contributed by atoms with Gasteiger partial charge in [0.05, 0.1) is 6.33 Å². The van der Waals surface area contributed by atoms with E-state index in [1.54, 1.807) is 17.4 Å². The minimum Gasteiger partial charge on any atom is -0.368 e. The van der Waals surface area contributed by atoms with Gasteiger partial charge in [0.25, 0.3) is 0 Å². The Bertz CT molecular complexity index is 521. The van der Waals surface area contributed by atoms with Gasteiger partial charge in [-0.15, -0.1) is 0 Å². The standard InChI is InChI=1S/C11H18N8/c1-8(6-19-5-4-13-7-19)14-10-15-9(12)16-11(17-10)18(2)3/h4-5,7-8H,6H2,1-3H3,(H3,12,14,15,16,17). The van der Waals surface area contributed by atoms with E-state index >= 15 is 0 Å². The molecule has 8 nitrogen and oxygen atoms in total. The maximum atomic E-state index is 5.66. The Kier molecular flexibility index (Phi) is 3.79. The average Bonchev–Trinajstić information content (AvgIpc) is 2.80. The van der Waals surface area contributed by atoms with Crippen LogP contribution in [-0.2, 0) is 6.54 Å². The number of nitrogens with one attached hydrogen (secondary N) is 1. The lowest BCUT2D eigenvalue weighted by atomic mass is 10.3. The van der Waals surface area contributed by atoms with Crippen LogP contribution in [0, 0.1) is 0 Å². The first-order chi connectivity index (χ1) is 9.04. The topological polar surface area (TPSA) is 97.8 Å². The van der Waals surface area contributed by atoms with E-state index in [0.717, 1.165) is 6.54 Å². The Morgan fingerprint density at radius 1 is 1.37 bits per heavy atom. The molecule has 0 aromatic carbocycles. The predicted octanol–water partition coefficient (Wildman–Crippen LogP) is 0.217. The third kappa shape index (κ3) is 3.54. The molecule has 0 aliphatic heterocycles. The normalized spacial score (nSPS) is 12.2. The molecule has 0 fully saturated rings. The summed E-state index contributed by atoms with van der Waals surface area (Å²) < 4.78 is 1.98. The van der Waals surface area contributed by atoms with Gasteiger partial charge in [0.1, 0.15) is 0 Å². The van der Waals surface area contributed by atoms with Gasteiger partial charge in [0.2, 0.25) is 17.8 Å². The highest BCUT2D eigenvalue weighted by molar-refractivity contribution is 5.41. The van der Waals surface area contributed by atoms with Crippen LogP contribution in [0.3, 0.4) is 0 Å². The van der Waals surface area contributed by atoms with Gasteiger partial charge in [0.15, 0.2) is 0 Å². The van der Waals surface area contributed by atoms with Gasteiger partial charge in [-0.3, -0.25) is 0 Å². The number of hydrogen-bond acceptors (Lipinski definition) is 7. The van der Waals surface area contributed by atoms with Crippen molar-refractivity contribution >= 4 is 17.8 Å². The molecule has 8 heteroatoms. The van der Waals surface area contributed by atoms with E-state index in [0.29, 0.717) is 11.9 Å². The molecular formula is C11H18N8. The molecule has 2 aromatic heterocycles. The molecule has 0 spiro atoms. The quantitative estimate of drug-likeness (QED) is 0.795. The number of imidazole rings is 1. The molecule has 2 heterocycles. The monoisotopic (exact) mass is 262 g/mol. The zero-order chi connectivity index (χ0) is 13.8. The van der Waals surface area contributed by atoms with Gasteiger partial charge in [-0.2, -0.15) is 15.0 Å². The molecule has 1 unspecified atom stereocenters. The first-order valence-corrected chi connectivity index (χ1v) is 5.95. The summed E-state index contributed by atoms with van der Waals surface area (Å²) in [5.41, 5.74) is 5.66. The zero-order valence-electron chi connectivity index (χ0n) is 11.3. The first kappa shape index (κ1) is 13.1. The van der Waals surface area contributed by atoms with Crippen molar-refractivity contribution in [2.24, 2.45) is 0 Å². The van der Waals surface area contributed by atoms with Crippen LogP contribution in [0.1, 0.15) is 6.92 Å². The van der Waals surface area contributed by atoms with E-state index in [1.165, 1.54) is 0 Å². The van der Waals surface area contributed by atoms with Crippen molar-refractivity contribution in [1.82, 2.24) is 24.5 Å². The van der Waals surface area contributed by atoms with E-state index in [9.17, 15) is 0 Å². The van der Waals surface area contributed by atoms with Crippen LogP contribution in [0.15, 0.2) is 18.7 Å². The fraction of sp³-hybridized carbons (Fsp3) is 0.455.